The van der Waals surface area contributed by atoms with E-state index >= 15 is 0 Å². The lowest BCUT2D eigenvalue weighted by molar-refractivity contribution is -0.385. The normalized spacial score (nSPS) is 11.6. The standard InChI is InChI=1S/C9H12N4O4/c1-5(2)17-7-4-3-6(13(15)16)8(11-7)9(10)12-14/h3-5,14H,1-2H3,(H2,10,12). The molecule has 0 unspecified atom stereocenters. The SMILES string of the molecule is CC(C)Oc1ccc([N+](=O)[O-])c(/C(N)=N/O)n1. The molecule has 0 aromatic carbocycles. The van der Waals surface area contributed by atoms with Crippen LogP contribution < -0.4 is 10.5 Å². The van der Waals surface area contributed by atoms with Crippen LogP contribution in [0.3, 0.4) is 0 Å². The molecule has 8 heteroatoms. The highest BCUT2D eigenvalue weighted by molar-refractivity contribution is 5.98. The molecular formula is C9H12N4O4. The third-order valence-electron chi connectivity index (χ3n) is 1.75. The van der Waals surface area contributed by atoms with Crippen molar-refractivity contribution in [3.8, 4) is 5.88 Å². The van der Waals surface area contributed by atoms with Crippen molar-refractivity contribution in [1.29, 1.82) is 0 Å². The van der Waals surface area contributed by atoms with Gasteiger partial charge in [0.15, 0.2) is 11.5 Å². The number of rotatable bonds is 4. The van der Waals surface area contributed by atoms with Crippen LogP contribution >= 0.6 is 0 Å². The van der Waals surface area contributed by atoms with Crippen molar-refractivity contribution < 1.29 is 14.9 Å². The molecule has 0 saturated heterocycles. The van der Waals surface area contributed by atoms with E-state index in [1.165, 1.54) is 12.1 Å². The molecule has 1 aromatic heterocycles. The van der Waals surface area contributed by atoms with Crippen LogP contribution in [0.2, 0.25) is 0 Å². The fourth-order valence-corrected chi connectivity index (χ4v) is 1.12. The largest absolute Gasteiger partial charge is 0.475 e. The molecule has 3 N–H and O–H groups in total. The Morgan fingerprint density at radius 2 is 2.29 bits per heavy atom. The van der Waals surface area contributed by atoms with E-state index in [0.29, 0.717) is 0 Å². The molecule has 1 rings (SSSR count). The van der Waals surface area contributed by atoms with E-state index in [9.17, 15) is 10.1 Å². The van der Waals surface area contributed by atoms with Gasteiger partial charge in [-0.15, -0.1) is 0 Å². The fraction of sp³-hybridized carbons (Fsp3) is 0.333. The Morgan fingerprint density at radius 1 is 1.65 bits per heavy atom. The number of nitrogens with two attached hydrogens (primary N) is 1. The summed E-state index contributed by atoms with van der Waals surface area (Å²) >= 11 is 0. The van der Waals surface area contributed by atoms with Crippen LogP contribution in [-0.2, 0) is 0 Å². The second-order valence-corrected chi connectivity index (χ2v) is 3.43. The molecule has 0 aliphatic rings. The molecule has 0 fully saturated rings. The number of hydrogen-bond acceptors (Lipinski definition) is 6. The highest BCUT2D eigenvalue weighted by Gasteiger charge is 2.20. The fourth-order valence-electron chi connectivity index (χ4n) is 1.12. The number of ether oxygens (including phenoxy) is 1. The molecule has 0 aliphatic heterocycles. The summed E-state index contributed by atoms with van der Waals surface area (Å²) in [5, 5.41) is 21.9. The Hall–Kier alpha value is -2.38. The predicted octanol–water partition coefficient (Wildman–Crippen LogP) is 0.871. The maximum absolute atomic E-state index is 10.7. The summed E-state index contributed by atoms with van der Waals surface area (Å²) in [7, 11) is 0. The molecule has 0 spiro atoms. The van der Waals surface area contributed by atoms with Crippen molar-refractivity contribution in [2.24, 2.45) is 10.9 Å². The Kier molecular flexibility index (Phi) is 3.81. The van der Waals surface area contributed by atoms with Gasteiger partial charge in [-0.2, -0.15) is 0 Å². The van der Waals surface area contributed by atoms with Gasteiger partial charge in [0.2, 0.25) is 5.88 Å². The lowest BCUT2D eigenvalue weighted by Crippen LogP contribution is -2.18. The number of aromatic nitrogens is 1. The molecule has 0 saturated carbocycles. The number of pyridine rings is 1. The van der Waals surface area contributed by atoms with Gasteiger partial charge >= 0.3 is 0 Å². The van der Waals surface area contributed by atoms with Gasteiger partial charge in [0, 0.05) is 12.1 Å². The molecule has 1 aromatic rings. The Morgan fingerprint density at radius 3 is 2.76 bits per heavy atom. The zero-order valence-electron chi connectivity index (χ0n) is 9.32. The molecule has 17 heavy (non-hydrogen) atoms. The topological polar surface area (TPSA) is 124 Å². The first kappa shape index (κ1) is 12.7. The van der Waals surface area contributed by atoms with E-state index < -0.39 is 10.8 Å². The first-order chi connectivity index (χ1) is 7.95. The average Bonchev–Trinajstić information content (AvgIpc) is 2.26. The summed E-state index contributed by atoms with van der Waals surface area (Å²) in [4.78, 5) is 13.9. The van der Waals surface area contributed by atoms with Crippen LogP contribution in [0, 0.1) is 10.1 Å². The van der Waals surface area contributed by atoms with E-state index in [2.05, 4.69) is 10.1 Å². The van der Waals surface area contributed by atoms with E-state index in [1.54, 1.807) is 13.8 Å². The predicted molar refractivity (Wildman–Crippen MR) is 59.2 cm³/mol. The first-order valence-electron chi connectivity index (χ1n) is 4.75. The summed E-state index contributed by atoms with van der Waals surface area (Å²) in [6.45, 7) is 3.57. The minimum absolute atomic E-state index is 0.135. The number of hydrogen-bond donors (Lipinski definition) is 2. The zero-order chi connectivity index (χ0) is 13.0. The molecule has 8 nitrogen and oxygen atoms in total. The van der Waals surface area contributed by atoms with Gasteiger partial charge in [-0.3, -0.25) is 10.1 Å². The second kappa shape index (κ2) is 5.10. The number of nitro groups is 1. The maximum atomic E-state index is 10.7. The van der Waals surface area contributed by atoms with Gasteiger partial charge in [0.1, 0.15) is 0 Å². The molecule has 0 radical (unpaired) electrons. The van der Waals surface area contributed by atoms with E-state index in [4.69, 9.17) is 15.7 Å². The lowest BCUT2D eigenvalue weighted by Gasteiger charge is -2.09. The summed E-state index contributed by atoms with van der Waals surface area (Å²) < 4.78 is 5.26. The van der Waals surface area contributed by atoms with Crippen molar-refractivity contribution in [2.75, 3.05) is 0 Å². The van der Waals surface area contributed by atoms with Gasteiger partial charge in [-0.25, -0.2) is 4.98 Å². The monoisotopic (exact) mass is 240 g/mol. The van der Waals surface area contributed by atoms with Gasteiger partial charge in [0.05, 0.1) is 11.0 Å². The summed E-state index contributed by atoms with van der Waals surface area (Å²) in [5.74, 6) is -0.266. The highest BCUT2D eigenvalue weighted by Crippen LogP contribution is 2.20. The third-order valence-corrected chi connectivity index (χ3v) is 1.75. The molecule has 92 valence electrons. The molecule has 0 bridgehead atoms. The van der Waals surface area contributed by atoms with Crippen molar-refractivity contribution in [1.82, 2.24) is 4.98 Å². The summed E-state index contributed by atoms with van der Waals surface area (Å²) in [6, 6.07) is 2.55. The third kappa shape index (κ3) is 3.03. The van der Waals surface area contributed by atoms with Crippen LogP contribution in [0.4, 0.5) is 5.69 Å². The van der Waals surface area contributed by atoms with Gasteiger partial charge in [0.25, 0.3) is 5.69 Å². The molecule has 0 aliphatic carbocycles. The second-order valence-electron chi connectivity index (χ2n) is 3.43. The van der Waals surface area contributed by atoms with E-state index in [1.807, 2.05) is 0 Å². The van der Waals surface area contributed by atoms with Crippen LogP contribution in [0.25, 0.3) is 0 Å². The smallest absolute Gasteiger partial charge is 0.299 e. The average molecular weight is 240 g/mol. The van der Waals surface area contributed by atoms with Gasteiger partial charge in [-0.1, -0.05) is 5.16 Å². The van der Waals surface area contributed by atoms with Crippen LogP contribution in [-0.4, -0.2) is 27.1 Å². The Bertz CT molecular complexity index is 458. The van der Waals surface area contributed by atoms with E-state index in [-0.39, 0.29) is 23.4 Å². The minimum atomic E-state index is -0.667. The van der Waals surface area contributed by atoms with Crippen molar-refractivity contribution >= 4 is 11.5 Å². The molecule has 0 atom stereocenters. The minimum Gasteiger partial charge on any atom is -0.475 e. The zero-order valence-corrected chi connectivity index (χ0v) is 9.32. The number of oxime groups is 1. The molecule has 0 amide bonds. The van der Waals surface area contributed by atoms with Crippen molar-refractivity contribution in [2.45, 2.75) is 20.0 Å². The Balaban J connectivity index is 3.24. The summed E-state index contributed by atoms with van der Waals surface area (Å²) in [6.07, 6.45) is -0.135. The lowest BCUT2D eigenvalue weighted by atomic mass is 10.3. The highest BCUT2D eigenvalue weighted by atomic mass is 16.6. The molecular weight excluding hydrogens is 228 g/mol. The number of amidine groups is 1. The Labute approximate surface area is 96.9 Å². The van der Waals surface area contributed by atoms with Crippen LogP contribution in [0.1, 0.15) is 19.5 Å². The number of nitrogens with zero attached hydrogens (tertiary/aromatic N) is 3. The molecule has 1 heterocycles. The van der Waals surface area contributed by atoms with Crippen LogP contribution in [0.5, 0.6) is 5.88 Å². The van der Waals surface area contributed by atoms with Crippen LogP contribution in [0.15, 0.2) is 17.3 Å². The summed E-state index contributed by atoms with van der Waals surface area (Å²) in [5.41, 5.74) is 4.73. The van der Waals surface area contributed by atoms with Crippen molar-refractivity contribution in [3.05, 3.63) is 27.9 Å². The first-order valence-corrected chi connectivity index (χ1v) is 4.75. The quantitative estimate of drug-likeness (QED) is 0.264. The van der Waals surface area contributed by atoms with Crippen molar-refractivity contribution in [3.63, 3.8) is 0 Å². The van der Waals surface area contributed by atoms with E-state index in [0.717, 1.165) is 0 Å². The maximum Gasteiger partial charge on any atom is 0.299 e. The van der Waals surface area contributed by atoms with Gasteiger partial charge < -0.3 is 15.7 Å². The van der Waals surface area contributed by atoms with Gasteiger partial charge in [-0.05, 0) is 13.8 Å².